The summed E-state index contributed by atoms with van der Waals surface area (Å²) in [5.41, 5.74) is 3.49. The van der Waals surface area contributed by atoms with E-state index in [1.54, 1.807) is 6.92 Å². The van der Waals surface area contributed by atoms with Gasteiger partial charge in [0.1, 0.15) is 0 Å². The molecule has 0 saturated carbocycles. The highest BCUT2D eigenvalue weighted by atomic mass is 16.4. The van der Waals surface area contributed by atoms with Crippen molar-refractivity contribution in [3.8, 4) is 0 Å². The Labute approximate surface area is 102 Å². The molecule has 2 rings (SSSR count). The minimum atomic E-state index is -0.756. The van der Waals surface area contributed by atoms with Gasteiger partial charge in [0.05, 0.1) is 5.92 Å². The molecule has 0 radical (unpaired) electrons. The summed E-state index contributed by atoms with van der Waals surface area (Å²) in [6.07, 6.45) is 2.18. The molecule has 92 valence electrons. The van der Waals surface area contributed by atoms with Crippen LogP contribution in [0, 0.1) is 0 Å². The Bertz CT molecular complexity index is 428. The standard InChI is InChI=1S/C14H19NO2/c1-3-7-15-8-6-12-9-11(4-5-13(12)15)10(2)14(16)17/h4-5,9-10H,3,6-8H2,1-2H3,(H,16,17). The number of aliphatic carboxylic acids is 1. The molecule has 1 aromatic rings. The monoisotopic (exact) mass is 233 g/mol. The van der Waals surface area contributed by atoms with Gasteiger partial charge in [-0.05, 0) is 37.0 Å². The summed E-state index contributed by atoms with van der Waals surface area (Å²) in [7, 11) is 0. The van der Waals surface area contributed by atoms with Crippen LogP contribution in [0.3, 0.4) is 0 Å². The summed E-state index contributed by atoms with van der Waals surface area (Å²) in [6.45, 7) is 6.07. The second kappa shape index (κ2) is 4.78. The van der Waals surface area contributed by atoms with Crippen LogP contribution in [-0.4, -0.2) is 24.2 Å². The average molecular weight is 233 g/mol. The molecule has 0 aliphatic carbocycles. The molecule has 1 aliphatic heterocycles. The van der Waals surface area contributed by atoms with E-state index in [9.17, 15) is 4.79 Å². The van der Waals surface area contributed by atoms with Crippen molar-refractivity contribution in [2.24, 2.45) is 0 Å². The topological polar surface area (TPSA) is 40.5 Å². The Kier molecular flexibility index (Phi) is 3.36. The highest BCUT2D eigenvalue weighted by Gasteiger charge is 2.21. The number of hydrogen-bond donors (Lipinski definition) is 1. The van der Waals surface area contributed by atoms with Crippen molar-refractivity contribution in [1.29, 1.82) is 0 Å². The van der Waals surface area contributed by atoms with Crippen molar-refractivity contribution < 1.29 is 9.90 Å². The third kappa shape index (κ3) is 2.28. The van der Waals surface area contributed by atoms with Gasteiger partial charge in [-0.1, -0.05) is 19.1 Å². The molecule has 0 bridgehead atoms. The summed E-state index contributed by atoms with van der Waals surface area (Å²) in [5.74, 6) is -1.17. The Morgan fingerprint density at radius 2 is 2.29 bits per heavy atom. The van der Waals surface area contributed by atoms with E-state index in [4.69, 9.17) is 5.11 Å². The van der Waals surface area contributed by atoms with Gasteiger partial charge < -0.3 is 10.0 Å². The minimum absolute atomic E-state index is 0.416. The van der Waals surface area contributed by atoms with Crippen molar-refractivity contribution in [3.63, 3.8) is 0 Å². The maximum absolute atomic E-state index is 11.0. The normalized spacial score (nSPS) is 15.8. The van der Waals surface area contributed by atoms with Gasteiger partial charge in [0.15, 0.2) is 0 Å². The van der Waals surface area contributed by atoms with E-state index in [1.807, 2.05) is 6.07 Å². The lowest BCUT2D eigenvalue weighted by Crippen LogP contribution is -2.20. The molecule has 3 heteroatoms. The van der Waals surface area contributed by atoms with Crippen LogP contribution < -0.4 is 4.90 Å². The molecule has 1 aromatic carbocycles. The summed E-state index contributed by atoms with van der Waals surface area (Å²) in [6, 6.07) is 6.09. The molecule has 0 fully saturated rings. The predicted octanol–water partition coefficient (Wildman–Crippen LogP) is 2.65. The molecular weight excluding hydrogens is 214 g/mol. The Hall–Kier alpha value is -1.51. The lowest BCUT2D eigenvalue weighted by molar-refractivity contribution is -0.138. The van der Waals surface area contributed by atoms with Gasteiger partial charge in [-0.15, -0.1) is 0 Å². The van der Waals surface area contributed by atoms with Crippen LogP contribution >= 0.6 is 0 Å². The second-order valence-electron chi connectivity index (χ2n) is 4.69. The lowest BCUT2D eigenvalue weighted by atomic mass is 9.98. The average Bonchev–Trinajstić information content (AvgIpc) is 2.71. The van der Waals surface area contributed by atoms with E-state index < -0.39 is 11.9 Å². The van der Waals surface area contributed by atoms with Crippen molar-refractivity contribution in [1.82, 2.24) is 0 Å². The molecule has 0 aromatic heterocycles. The van der Waals surface area contributed by atoms with Crippen molar-refractivity contribution >= 4 is 11.7 Å². The van der Waals surface area contributed by atoms with E-state index in [-0.39, 0.29) is 0 Å². The molecule has 1 atom stereocenters. The summed E-state index contributed by atoms with van der Waals surface area (Å²) < 4.78 is 0. The fourth-order valence-electron chi connectivity index (χ4n) is 2.40. The number of carboxylic acids is 1. The molecule has 0 spiro atoms. The fraction of sp³-hybridized carbons (Fsp3) is 0.500. The van der Waals surface area contributed by atoms with Crippen molar-refractivity contribution in [3.05, 3.63) is 29.3 Å². The third-order valence-corrected chi connectivity index (χ3v) is 3.46. The maximum atomic E-state index is 11.0. The predicted molar refractivity (Wildman–Crippen MR) is 68.7 cm³/mol. The number of nitrogens with zero attached hydrogens (tertiary/aromatic N) is 1. The zero-order chi connectivity index (χ0) is 12.4. The SMILES string of the molecule is CCCN1CCc2cc(C(C)C(=O)O)ccc21. The van der Waals surface area contributed by atoms with Crippen molar-refractivity contribution in [2.45, 2.75) is 32.6 Å². The molecule has 17 heavy (non-hydrogen) atoms. The van der Waals surface area contributed by atoms with Gasteiger partial charge in [-0.3, -0.25) is 4.79 Å². The lowest BCUT2D eigenvalue weighted by Gasteiger charge is -2.18. The second-order valence-corrected chi connectivity index (χ2v) is 4.69. The zero-order valence-electron chi connectivity index (χ0n) is 10.4. The smallest absolute Gasteiger partial charge is 0.310 e. The van der Waals surface area contributed by atoms with Gasteiger partial charge in [0.25, 0.3) is 0 Å². The Morgan fingerprint density at radius 3 is 2.94 bits per heavy atom. The van der Waals surface area contributed by atoms with Crippen LogP contribution in [-0.2, 0) is 11.2 Å². The third-order valence-electron chi connectivity index (χ3n) is 3.46. The van der Waals surface area contributed by atoms with Crippen LogP contribution in [0.25, 0.3) is 0 Å². The van der Waals surface area contributed by atoms with Crippen LogP contribution in [0.5, 0.6) is 0 Å². The number of benzene rings is 1. The first-order valence-electron chi connectivity index (χ1n) is 6.24. The number of carboxylic acid groups (broad SMARTS) is 1. The highest BCUT2D eigenvalue weighted by molar-refractivity contribution is 5.76. The molecule has 1 heterocycles. The van der Waals surface area contributed by atoms with Gasteiger partial charge >= 0.3 is 5.97 Å². The number of fused-ring (bicyclic) bond motifs is 1. The number of rotatable bonds is 4. The van der Waals surface area contributed by atoms with Crippen LogP contribution in [0.15, 0.2) is 18.2 Å². The van der Waals surface area contributed by atoms with E-state index in [0.717, 1.165) is 31.5 Å². The molecule has 0 amide bonds. The summed E-state index contributed by atoms with van der Waals surface area (Å²) in [5, 5.41) is 9.01. The van der Waals surface area contributed by atoms with Gasteiger partial charge in [-0.2, -0.15) is 0 Å². The molecule has 1 N–H and O–H groups in total. The Morgan fingerprint density at radius 1 is 1.53 bits per heavy atom. The van der Waals surface area contributed by atoms with Crippen molar-refractivity contribution in [2.75, 3.05) is 18.0 Å². The van der Waals surface area contributed by atoms with Crippen LogP contribution in [0.1, 0.15) is 37.3 Å². The van der Waals surface area contributed by atoms with Gasteiger partial charge in [-0.25, -0.2) is 0 Å². The summed E-state index contributed by atoms with van der Waals surface area (Å²) >= 11 is 0. The first-order chi connectivity index (χ1) is 8.13. The van der Waals surface area contributed by atoms with Crippen LogP contribution in [0.4, 0.5) is 5.69 Å². The number of anilines is 1. The molecule has 1 aliphatic rings. The first kappa shape index (κ1) is 12.0. The summed E-state index contributed by atoms with van der Waals surface area (Å²) in [4.78, 5) is 13.3. The van der Waals surface area contributed by atoms with E-state index >= 15 is 0 Å². The molecular formula is C14H19NO2. The first-order valence-corrected chi connectivity index (χ1v) is 6.24. The largest absolute Gasteiger partial charge is 0.481 e. The Balaban J connectivity index is 2.25. The quantitative estimate of drug-likeness (QED) is 0.869. The highest BCUT2D eigenvalue weighted by Crippen LogP contribution is 2.31. The number of carbonyl (C=O) groups is 1. The fourth-order valence-corrected chi connectivity index (χ4v) is 2.40. The number of hydrogen-bond acceptors (Lipinski definition) is 2. The minimum Gasteiger partial charge on any atom is -0.481 e. The maximum Gasteiger partial charge on any atom is 0.310 e. The van der Waals surface area contributed by atoms with E-state index in [2.05, 4.69) is 24.0 Å². The molecule has 3 nitrogen and oxygen atoms in total. The molecule has 1 unspecified atom stereocenters. The zero-order valence-corrected chi connectivity index (χ0v) is 10.4. The van der Waals surface area contributed by atoms with E-state index in [0.29, 0.717) is 0 Å². The van der Waals surface area contributed by atoms with Crippen LogP contribution in [0.2, 0.25) is 0 Å². The van der Waals surface area contributed by atoms with E-state index in [1.165, 1.54) is 11.3 Å². The van der Waals surface area contributed by atoms with Gasteiger partial charge in [0, 0.05) is 18.8 Å². The molecule has 0 saturated heterocycles. The van der Waals surface area contributed by atoms with Gasteiger partial charge in [0.2, 0.25) is 0 Å².